The van der Waals surface area contributed by atoms with Crippen molar-refractivity contribution in [2.75, 3.05) is 13.1 Å². The molecule has 128 valence electrons. The first-order valence-corrected chi connectivity index (χ1v) is 8.30. The third-order valence-corrected chi connectivity index (χ3v) is 4.97. The SMILES string of the molecule is CC(NC(=O)C1CCCCC1(C)N)C(=O)N1CCCCC1.Cl. The van der Waals surface area contributed by atoms with Gasteiger partial charge in [0.2, 0.25) is 11.8 Å². The van der Waals surface area contributed by atoms with E-state index < -0.39 is 11.6 Å². The molecule has 6 heteroatoms. The van der Waals surface area contributed by atoms with Gasteiger partial charge in [0.15, 0.2) is 0 Å². The summed E-state index contributed by atoms with van der Waals surface area (Å²) in [5.74, 6) is -0.196. The highest BCUT2D eigenvalue weighted by molar-refractivity contribution is 5.88. The normalized spacial score (nSPS) is 30.1. The Kier molecular flexibility index (Phi) is 7.13. The first-order chi connectivity index (χ1) is 9.92. The Balaban J connectivity index is 0.00000242. The quantitative estimate of drug-likeness (QED) is 0.828. The first kappa shape index (κ1) is 19.2. The van der Waals surface area contributed by atoms with Gasteiger partial charge in [-0.2, -0.15) is 0 Å². The van der Waals surface area contributed by atoms with Gasteiger partial charge in [-0.3, -0.25) is 9.59 Å². The third kappa shape index (κ3) is 4.59. The molecule has 1 aliphatic carbocycles. The van der Waals surface area contributed by atoms with E-state index in [9.17, 15) is 9.59 Å². The molecular formula is C16H30ClN3O2. The van der Waals surface area contributed by atoms with Crippen molar-refractivity contribution in [3.05, 3.63) is 0 Å². The Labute approximate surface area is 139 Å². The van der Waals surface area contributed by atoms with Crippen molar-refractivity contribution in [2.45, 2.75) is 70.4 Å². The molecule has 2 amide bonds. The molecule has 0 aromatic carbocycles. The number of carbonyl (C=O) groups is 2. The number of hydrogen-bond acceptors (Lipinski definition) is 3. The Hall–Kier alpha value is -0.810. The van der Waals surface area contributed by atoms with Crippen LogP contribution in [0.4, 0.5) is 0 Å². The van der Waals surface area contributed by atoms with E-state index in [0.29, 0.717) is 0 Å². The maximum atomic E-state index is 12.4. The second-order valence-electron chi connectivity index (χ2n) is 6.92. The molecular weight excluding hydrogens is 302 g/mol. The maximum absolute atomic E-state index is 12.4. The van der Waals surface area contributed by atoms with Gasteiger partial charge in [-0.15, -0.1) is 12.4 Å². The molecule has 3 atom stereocenters. The summed E-state index contributed by atoms with van der Waals surface area (Å²) in [7, 11) is 0. The number of piperidine rings is 1. The lowest BCUT2D eigenvalue weighted by Crippen LogP contribution is -2.56. The number of nitrogens with zero attached hydrogens (tertiary/aromatic N) is 1. The standard InChI is InChI=1S/C16H29N3O2.ClH/c1-12(15(21)19-10-6-3-7-11-19)18-14(20)13-8-4-5-9-16(13,2)17;/h12-13H,3-11,17H2,1-2H3,(H,18,20);1H. The minimum absolute atomic E-state index is 0. The van der Waals surface area contributed by atoms with Gasteiger partial charge in [0.05, 0.1) is 5.92 Å². The molecule has 0 bridgehead atoms. The molecule has 1 heterocycles. The predicted molar refractivity (Wildman–Crippen MR) is 89.8 cm³/mol. The minimum atomic E-state index is -0.451. The molecule has 1 saturated heterocycles. The van der Waals surface area contributed by atoms with E-state index in [1.165, 1.54) is 6.42 Å². The molecule has 5 nitrogen and oxygen atoms in total. The topological polar surface area (TPSA) is 75.4 Å². The van der Waals surface area contributed by atoms with Crippen molar-refractivity contribution in [3.63, 3.8) is 0 Å². The van der Waals surface area contributed by atoms with Crippen LogP contribution in [-0.4, -0.2) is 41.4 Å². The Morgan fingerprint density at radius 3 is 2.41 bits per heavy atom. The number of likely N-dealkylation sites (tertiary alicyclic amines) is 1. The van der Waals surface area contributed by atoms with E-state index in [-0.39, 0.29) is 30.1 Å². The lowest BCUT2D eigenvalue weighted by Gasteiger charge is -2.38. The van der Waals surface area contributed by atoms with E-state index >= 15 is 0 Å². The minimum Gasteiger partial charge on any atom is -0.344 e. The number of rotatable bonds is 3. The summed E-state index contributed by atoms with van der Waals surface area (Å²) in [6.07, 6.45) is 7.14. The van der Waals surface area contributed by atoms with Crippen LogP contribution in [0, 0.1) is 5.92 Å². The van der Waals surface area contributed by atoms with Crippen LogP contribution in [0.2, 0.25) is 0 Å². The molecule has 0 aromatic heterocycles. The van der Waals surface area contributed by atoms with E-state index in [2.05, 4.69) is 5.32 Å². The largest absolute Gasteiger partial charge is 0.344 e. The van der Waals surface area contributed by atoms with Crippen LogP contribution in [0.3, 0.4) is 0 Å². The lowest BCUT2D eigenvalue weighted by atomic mass is 9.74. The number of hydrogen-bond donors (Lipinski definition) is 2. The van der Waals surface area contributed by atoms with Crippen molar-refractivity contribution in [3.8, 4) is 0 Å². The molecule has 0 radical (unpaired) electrons. The highest BCUT2D eigenvalue weighted by atomic mass is 35.5. The molecule has 3 unspecified atom stereocenters. The molecule has 2 aliphatic rings. The van der Waals surface area contributed by atoms with Crippen LogP contribution in [0.15, 0.2) is 0 Å². The van der Waals surface area contributed by atoms with E-state index in [4.69, 9.17) is 5.73 Å². The number of halogens is 1. The van der Waals surface area contributed by atoms with Gasteiger partial charge in [-0.05, 0) is 46.0 Å². The van der Waals surface area contributed by atoms with Crippen LogP contribution >= 0.6 is 12.4 Å². The van der Waals surface area contributed by atoms with Crippen molar-refractivity contribution in [1.29, 1.82) is 0 Å². The summed E-state index contributed by atoms with van der Waals surface area (Å²) in [4.78, 5) is 26.7. The zero-order valence-electron chi connectivity index (χ0n) is 13.8. The van der Waals surface area contributed by atoms with Gasteiger partial charge >= 0.3 is 0 Å². The molecule has 22 heavy (non-hydrogen) atoms. The van der Waals surface area contributed by atoms with Crippen molar-refractivity contribution >= 4 is 24.2 Å². The van der Waals surface area contributed by atoms with E-state index in [0.717, 1.165) is 51.6 Å². The lowest BCUT2D eigenvalue weighted by molar-refractivity contribution is -0.138. The van der Waals surface area contributed by atoms with Crippen LogP contribution in [0.25, 0.3) is 0 Å². The number of nitrogens with two attached hydrogens (primary N) is 1. The van der Waals surface area contributed by atoms with Crippen LogP contribution in [-0.2, 0) is 9.59 Å². The van der Waals surface area contributed by atoms with Crippen LogP contribution < -0.4 is 11.1 Å². The molecule has 1 saturated carbocycles. The van der Waals surface area contributed by atoms with Crippen LogP contribution in [0.1, 0.15) is 58.8 Å². The highest BCUT2D eigenvalue weighted by Crippen LogP contribution is 2.31. The maximum Gasteiger partial charge on any atom is 0.244 e. The van der Waals surface area contributed by atoms with Gasteiger partial charge in [-0.1, -0.05) is 12.8 Å². The Bertz CT molecular complexity index is 395. The zero-order chi connectivity index (χ0) is 15.5. The molecule has 2 rings (SSSR count). The summed E-state index contributed by atoms with van der Waals surface area (Å²) in [6, 6.07) is -0.451. The number of amides is 2. The van der Waals surface area contributed by atoms with Gasteiger partial charge in [0, 0.05) is 18.6 Å². The summed E-state index contributed by atoms with van der Waals surface area (Å²) >= 11 is 0. The molecule has 1 aliphatic heterocycles. The fraction of sp³-hybridized carbons (Fsp3) is 0.875. The summed E-state index contributed by atoms with van der Waals surface area (Å²) in [5, 5.41) is 2.89. The molecule has 0 aromatic rings. The summed E-state index contributed by atoms with van der Waals surface area (Å²) in [5.41, 5.74) is 5.81. The summed E-state index contributed by atoms with van der Waals surface area (Å²) < 4.78 is 0. The first-order valence-electron chi connectivity index (χ1n) is 8.30. The highest BCUT2D eigenvalue weighted by Gasteiger charge is 2.38. The predicted octanol–water partition coefficient (Wildman–Crippen LogP) is 1.83. The van der Waals surface area contributed by atoms with Gasteiger partial charge < -0.3 is 16.0 Å². The van der Waals surface area contributed by atoms with Crippen LogP contribution in [0.5, 0.6) is 0 Å². The molecule has 0 spiro atoms. The smallest absolute Gasteiger partial charge is 0.244 e. The monoisotopic (exact) mass is 331 g/mol. The number of nitrogens with one attached hydrogen (secondary N) is 1. The second-order valence-corrected chi connectivity index (χ2v) is 6.92. The fourth-order valence-corrected chi connectivity index (χ4v) is 3.55. The van der Waals surface area contributed by atoms with Crippen molar-refractivity contribution < 1.29 is 9.59 Å². The zero-order valence-corrected chi connectivity index (χ0v) is 14.6. The Morgan fingerprint density at radius 1 is 1.18 bits per heavy atom. The van der Waals surface area contributed by atoms with Gasteiger partial charge in [0.25, 0.3) is 0 Å². The van der Waals surface area contributed by atoms with Crippen molar-refractivity contribution in [2.24, 2.45) is 11.7 Å². The molecule has 2 fully saturated rings. The van der Waals surface area contributed by atoms with Gasteiger partial charge in [-0.25, -0.2) is 0 Å². The van der Waals surface area contributed by atoms with Crippen molar-refractivity contribution in [1.82, 2.24) is 10.2 Å². The molecule has 3 N–H and O–H groups in total. The average Bonchev–Trinajstić information content (AvgIpc) is 2.46. The van der Waals surface area contributed by atoms with E-state index in [1.54, 1.807) is 6.92 Å². The average molecular weight is 332 g/mol. The summed E-state index contributed by atoms with van der Waals surface area (Å²) in [6.45, 7) is 5.37. The van der Waals surface area contributed by atoms with E-state index in [1.807, 2.05) is 11.8 Å². The third-order valence-electron chi connectivity index (χ3n) is 4.97. The number of carbonyl (C=O) groups excluding carboxylic acids is 2. The van der Waals surface area contributed by atoms with Gasteiger partial charge in [0.1, 0.15) is 6.04 Å². The second kappa shape index (κ2) is 8.16. The Morgan fingerprint density at radius 2 is 1.82 bits per heavy atom. The fourth-order valence-electron chi connectivity index (χ4n) is 3.55.